The molecule has 0 aliphatic carbocycles. The summed E-state index contributed by atoms with van der Waals surface area (Å²) in [5.74, 6) is 1.01. The lowest BCUT2D eigenvalue weighted by Gasteiger charge is -2.10. The Hall–Kier alpha value is -1.74. The summed E-state index contributed by atoms with van der Waals surface area (Å²) in [6, 6.07) is 0. The summed E-state index contributed by atoms with van der Waals surface area (Å²) in [6.07, 6.45) is 0.356. The Morgan fingerprint density at radius 1 is 1.27 bits per heavy atom. The van der Waals surface area contributed by atoms with Gasteiger partial charge in [-0.1, -0.05) is 25.9 Å². The fraction of sp³-hybridized carbons (Fsp3) is 0.615. The second-order valence-corrected chi connectivity index (χ2v) is 7.88. The van der Waals surface area contributed by atoms with Crippen molar-refractivity contribution in [3.63, 3.8) is 0 Å². The summed E-state index contributed by atoms with van der Waals surface area (Å²) in [7, 11) is -3.60. The van der Waals surface area contributed by atoms with E-state index < -0.39 is 10.0 Å². The van der Waals surface area contributed by atoms with Gasteiger partial charge in [0.25, 0.3) is 0 Å². The number of hydrogen-bond donors (Lipinski definition) is 2. The van der Waals surface area contributed by atoms with Crippen LogP contribution in [0.5, 0.6) is 0 Å². The highest BCUT2D eigenvalue weighted by molar-refractivity contribution is 7.89. The Morgan fingerprint density at radius 2 is 1.95 bits per heavy atom. The first kappa shape index (κ1) is 16.6. The maximum Gasteiger partial charge on any atom is 0.244 e. The molecule has 2 rings (SSSR count). The number of nitrogens with zero attached hydrogens (tertiary/aromatic N) is 3. The molecule has 122 valence electrons. The maximum atomic E-state index is 12.3. The highest BCUT2D eigenvalue weighted by Gasteiger charge is 2.23. The van der Waals surface area contributed by atoms with E-state index >= 15 is 0 Å². The maximum absolute atomic E-state index is 12.3. The van der Waals surface area contributed by atoms with Crippen molar-refractivity contribution in [3.8, 4) is 0 Å². The van der Waals surface area contributed by atoms with Gasteiger partial charge in [-0.15, -0.1) is 0 Å². The minimum Gasteiger partial charge on any atom is -0.339 e. The van der Waals surface area contributed by atoms with E-state index in [0.717, 1.165) is 0 Å². The third-order valence-electron chi connectivity index (χ3n) is 3.08. The van der Waals surface area contributed by atoms with E-state index in [-0.39, 0.29) is 16.9 Å². The normalized spacial score (nSPS) is 12.8. The number of aromatic nitrogens is 4. The van der Waals surface area contributed by atoms with E-state index in [0.29, 0.717) is 29.5 Å². The van der Waals surface area contributed by atoms with Crippen molar-refractivity contribution in [3.05, 3.63) is 23.1 Å². The molecule has 0 bridgehead atoms. The number of H-pyrrole nitrogens is 1. The first-order valence-electron chi connectivity index (χ1n) is 6.95. The largest absolute Gasteiger partial charge is 0.339 e. The first-order chi connectivity index (χ1) is 10.1. The number of sulfonamides is 1. The molecule has 0 atom stereocenters. The molecule has 0 saturated heterocycles. The van der Waals surface area contributed by atoms with Crippen LogP contribution in [0, 0.1) is 13.8 Å². The SMILES string of the molecule is Cc1n[nH]c(C)c1S(=O)(=O)NCCc1noc(C(C)(C)C)n1. The van der Waals surface area contributed by atoms with Gasteiger partial charge in [-0.2, -0.15) is 10.1 Å². The third kappa shape index (κ3) is 3.53. The number of aromatic amines is 1. The van der Waals surface area contributed by atoms with Gasteiger partial charge in [0.15, 0.2) is 5.82 Å². The van der Waals surface area contributed by atoms with Crippen molar-refractivity contribution in [1.82, 2.24) is 25.1 Å². The van der Waals surface area contributed by atoms with E-state index in [4.69, 9.17) is 4.52 Å². The van der Waals surface area contributed by atoms with Crippen LogP contribution in [0.1, 0.15) is 43.9 Å². The van der Waals surface area contributed by atoms with Gasteiger partial charge in [0, 0.05) is 18.4 Å². The van der Waals surface area contributed by atoms with Crippen molar-refractivity contribution in [2.75, 3.05) is 6.54 Å². The second kappa shape index (κ2) is 5.81. The van der Waals surface area contributed by atoms with Crippen molar-refractivity contribution < 1.29 is 12.9 Å². The van der Waals surface area contributed by atoms with Crippen LogP contribution in [0.2, 0.25) is 0 Å². The summed E-state index contributed by atoms with van der Waals surface area (Å²) in [6.45, 7) is 9.41. The Bertz CT molecular complexity index is 735. The standard InChI is InChI=1S/C13H21N5O3S/c1-8-11(9(2)17-16-8)22(19,20)14-7-6-10-15-12(21-18-10)13(3,4)5/h14H,6-7H2,1-5H3,(H,16,17). The number of hydrogen-bond acceptors (Lipinski definition) is 6. The molecule has 0 aliphatic rings. The highest BCUT2D eigenvalue weighted by Crippen LogP contribution is 2.20. The topological polar surface area (TPSA) is 114 Å². The lowest BCUT2D eigenvalue weighted by atomic mass is 9.97. The van der Waals surface area contributed by atoms with Crippen LogP contribution < -0.4 is 4.72 Å². The zero-order valence-electron chi connectivity index (χ0n) is 13.4. The van der Waals surface area contributed by atoms with Crippen molar-refractivity contribution in [1.29, 1.82) is 0 Å². The van der Waals surface area contributed by atoms with E-state index in [2.05, 4.69) is 25.1 Å². The molecule has 0 radical (unpaired) electrons. The van der Waals surface area contributed by atoms with Gasteiger partial charge in [-0.05, 0) is 13.8 Å². The van der Waals surface area contributed by atoms with Crippen molar-refractivity contribution >= 4 is 10.0 Å². The Labute approximate surface area is 129 Å². The minimum atomic E-state index is -3.60. The Kier molecular flexibility index (Phi) is 4.39. The molecule has 22 heavy (non-hydrogen) atoms. The molecule has 9 heteroatoms. The van der Waals surface area contributed by atoms with Crippen LogP contribution in [0.25, 0.3) is 0 Å². The van der Waals surface area contributed by atoms with Crippen LogP contribution in [-0.4, -0.2) is 35.3 Å². The van der Waals surface area contributed by atoms with Crippen LogP contribution in [-0.2, 0) is 21.9 Å². The lowest BCUT2D eigenvalue weighted by molar-refractivity contribution is 0.318. The van der Waals surface area contributed by atoms with E-state index in [1.54, 1.807) is 13.8 Å². The van der Waals surface area contributed by atoms with Gasteiger partial charge < -0.3 is 4.52 Å². The molecule has 2 aromatic heterocycles. The molecule has 0 aliphatic heterocycles. The predicted molar refractivity (Wildman–Crippen MR) is 80.0 cm³/mol. The fourth-order valence-electron chi connectivity index (χ4n) is 1.97. The van der Waals surface area contributed by atoms with Crippen LogP contribution in [0.3, 0.4) is 0 Å². The molecule has 0 saturated carbocycles. The zero-order chi connectivity index (χ0) is 16.5. The van der Waals surface area contributed by atoms with E-state index in [1.807, 2.05) is 20.8 Å². The fourth-order valence-corrected chi connectivity index (χ4v) is 3.36. The Morgan fingerprint density at radius 3 is 2.45 bits per heavy atom. The number of nitrogens with one attached hydrogen (secondary N) is 2. The van der Waals surface area contributed by atoms with Gasteiger partial charge in [0.1, 0.15) is 4.90 Å². The number of rotatable bonds is 5. The molecule has 2 heterocycles. The second-order valence-electron chi connectivity index (χ2n) is 6.18. The van der Waals surface area contributed by atoms with Gasteiger partial charge >= 0.3 is 0 Å². The summed E-state index contributed by atoms with van der Waals surface area (Å²) in [4.78, 5) is 4.46. The molecule has 0 fully saturated rings. The first-order valence-corrected chi connectivity index (χ1v) is 8.44. The zero-order valence-corrected chi connectivity index (χ0v) is 14.2. The molecule has 0 aromatic carbocycles. The van der Waals surface area contributed by atoms with Gasteiger partial charge in [-0.25, -0.2) is 13.1 Å². The monoisotopic (exact) mass is 327 g/mol. The molecule has 2 N–H and O–H groups in total. The van der Waals surface area contributed by atoms with Gasteiger partial charge in [0.2, 0.25) is 15.9 Å². The molecular weight excluding hydrogens is 306 g/mol. The lowest BCUT2D eigenvalue weighted by Crippen LogP contribution is -2.27. The van der Waals surface area contributed by atoms with Gasteiger partial charge in [-0.3, -0.25) is 5.10 Å². The third-order valence-corrected chi connectivity index (χ3v) is 4.80. The summed E-state index contributed by atoms with van der Waals surface area (Å²) < 4.78 is 32.2. The molecule has 8 nitrogen and oxygen atoms in total. The quantitative estimate of drug-likeness (QED) is 0.853. The van der Waals surface area contributed by atoms with Crippen molar-refractivity contribution in [2.45, 2.75) is 51.3 Å². The van der Waals surface area contributed by atoms with Crippen LogP contribution >= 0.6 is 0 Å². The molecule has 0 amide bonds. The highest BCUT2D eigenvalue weighted by atomic mass is 32.2. The van der Waals surface area contributed by atoms with Crippen LogP contribution in [0.4, 0.5) is 0 Å². The smallest absolute Gasteiger partial charge is 0.244 e. The average Bonchev–Trinajstić information content (AvgIpc) is 2.96. The van der Waals surface area contributed by atoms with E-state index in [1.165, 1.54) is 0 Å². The molecule has 2 aromatic rings. The summed E-state index contributed by atoms with van der Waals surface area (Å²) in [5, 5.41) is 10.4. The summed E-state index contributed by atoms with van der Waals surface area (Å²) >= 11 is 0. The molecule has 0 unspecified atom stereocenters. The minimum absolute atomic E-state index is 0.190. The average molecular weight is 327 g/mol. The predicted octanol–water partition coefficient (Wildman–Crippen LogP) is 1.23. The molecular formula is C13H21N5O3S. The Balaban J connectivity index is 2.01. The van der Waals surface area contributed by atoms with E-state index in [9.17, 15) is 8.42 Å². The van der Waals surface area contributed by atoms with Crippen LogP contribution in [0.15, 0.2) is 9.42 Å². The molecule has 0 spiro atoms. The van der Waals surface area contributed by atoms with Gasteiger partial charge in [0.05, 0.1) is 11.4 Å². The summed E-state index contributed by atoms with van der Waals surface area (Å²) in [5.41, 5.74) is 0.731. The van der Waals surface area contributed by atoms with Crippen molar-refractivity contribution in [2.24, 2.45) is 0 Å². The number of aryl methyl sites for hydroxylation is 2.